The number of carbonyl (C=O) groups excluding carboxylic acids is 1. The lowest BCUT2D eigenvalue weighted by Crippen LogP contribution is -2.42. The van der Waals surface area contributed by atoms with Gasteiger partial charge in [0.2, 0.25) is 0 Å². The summed E-state index contributed by atoms with van der Waals surface area (Å²) < 4.78 is 10.0. The van der Waals surface area contributed by atoms with Crippen molar-refractivity contribution in [1.82, 2.24) is 4.90 Å². The molecule has 4 heteroatoms. The summed E-state index contributed by atoms with van der Waals surface area (Å²) in [6, 6.07) is 0.591. The molecule has 0 aromatic heterocycles. The molecule has 0 saturated heterocycles. The zero-order chi connectivity index (χ0) is 12.6. The van der Waals surface area contributed by atoms with Crippen molar-refractivity contribution >= 4 is 5.97 Å². The van der Waals surface area contributed by atoms with E-state index in [1.54, 1.807) is 7.11 Å². The fraction of sp³-hybridized carbons (Fsp3) is 0.917. The van der Waals surface area contributed by atoms with Crippen LogP contribution >= 0.6 is 0 Å². The van der Waals surface area contributed by atoms with Gasteiger partial charge in [-0.1, -0.05) is 0 Å². The molecule has 4 nitrogen and oxygen atoms in total. The number of hydrogen-bond acceptors (Lipinski definition) is 4. The lowest BCUT2D eigenvalue weighted by molar-refractivity contribution is -0.144. The maximum Gasteiger partial charge on any atom is 0.307 e. The Morgan fingerprint density at radius 2 is 1.94 bits per heavy atom. The Morgan fingerprint density at radius 3 is 2.38 bits per heavy atom. The highest BCUT2D eigenvalue weighted by Gasteiger charge is 2.19. The number of rotatable bonds is 8. The standard InChI is InChI=1S/C12H25NO3/c1-6-16-12(14)9-11(4)13(10(2)3)7-8-15-5/h10-11H,6-9H2,1-5H3. The maximum absolute atomic E-state index is 11.4. The summed E-state index contributed by atoms with van der Waals surface area (Å²) in [5, 5.41) is 0. The molecule has 0 aliphatic heterocycles. The van der Waals surface area contributed by atoms with Crippen LogP contribution < -0.4 is 0 Å². The monoisotopic (exact) mass is 231 g/mol. The van der Waals surface area contributed by atoms with Crippen LogP contribution in [0.3, 0.4) is 0 Å². The predicted octanol–water partition coefficient (Wildman–Crippen LogP) is 1.68. The van der Waals surface area contributed by atoms with Gasteiger partial charge in [0, 0.05) is 25.7 Å². The Morgan fingerprint density at radius 1 is 1.31 bits per heavy atom. The fourth-order valence-electron chi connectivity index (χ4n) is 1.76. The molecule has 0 aliphatic carbocycles. The summed E-state index contributed by atoms with van der Waals surface area (Å²) in [5.41, 5.74) is 0. The number of ether oxygens (including phenoxy) is 2. The molecule has 0 amide bonds. The van der Waals surface area contributed by atoms with Crippen molar-refractivity contribution in [1.29, 1.82) is 0 Å². The van der Waals surface area contributed by atoms with Crippen LogP contribution in [0.2, 0.25) is 0 Å². The van der Waals surface area contributed by atoms with Crippen LogP contribution in [0.5, 0.6) is 0 Å². The summed E-state index contributed by atoms with van der Waals surface area (Å²) in [5.74, 6) is -0.127. The summed E-state index contributed by atoms with van der Waals surface area (Å²) in [6.07, 6.45) is 0.440. The Hall–Kier alpha value is -0.610. The highest BCUT2D eigenvalue weighted by atomic mass is 16.5. The van der Waals surface area contributed by atoms with E-state index in [1.807, 2.05) is 13.8 Å². The molecule has 0 rings (SSSR count). The quantitative estimate of drug-likeness (QED) is 0.596. The number of esters is 1. The van der Waals surface area contributed by atoms with E-state index >= 15 is 0 Å². The third-order valence-corrected chi connectivity index (χ3v) is 2.55. The molecule has 1 atom stereocenters. The van der Waals surface area contributed by atoms with Gasteiger partial charge < -0.3 is 9.47 Å². The molecular formula is C12H25NO3. The molecule has 0 aliphatic rings. The van der Waals surface area contributed by atoms with E-state index < -0.39 is 0 Å². The third kappa shape index (κ3) is 6.08. The Bertz CT molecular complexity index is 195. The van der Waals surface area contributed by atoms with Gasteiger partial charge in [0.25, 0.3) is 0 Å². The van der Waals surface area contributed by atoms with Gasteiger partial charge in [-0.05, 0) is 27.7 Å². The zero-order valence-corrected chi connectivity index (χ0v) is 11.2. The molecule has 0 radical (unpaired) electrons. The second kappa shape index (κ2) is 8.53. The highest BCUT2D eigenvalue weighted by molar-refractivity contribution is 5.70. The Balaban J connectivity index is 4.15. The molecule has 0 aromatic carbocycles. The minimum atomic E-state index is -0.127. The van der Waals surface area contributed by atoms with E-state index in [2.05, 4.69) is 18.7 Å². The first-order valence-corrected chi connectivity index (χ1v) is 5.93. The fourth-order valence-corrected chi connectivity index (χ4v) is 1.76. The first-order chi connectivity index (χ1) is 7.52. The van der Waals surface area contributed by atoms with E-state index in [1.165, 1.54) is 0 Å². The van der Waals surface area contributed by atoms with E-state index in [0.717, 1.165) is 6.54 Å². The molecule has 0 heterocycles. The minimum absolute atomic E-state index is 0.127. The summed E-state index contributed by atoms with van der Waals surface area (Å²) in [7, 11) is 1.69. The molecular weight excluding hydrogens is 206 g/mol. The SMILES string of the molecule is CCOC(=O)CC(C)N(CCOC)C(C)C. The molecule has 16 heavy (non-hydrogen) atoms. The Labute approximate surface area is 98.9 Å². The van der Waals surface area contributed by atoms with Crippen LogP contribution in [-0.2, 0) is 14.3 Å². The van der Waals surface area contributed by atoms with Gasteiger partial charge in [-0.3, -0.25) is 9.69 Å². The van der Waals surface area contributed by atoms with Crippen molar-refractivity contribution in [3.8, 4) is 0 Å². The lowest BCUT2D eigenvalue weighted by atomic mass is 10.1. The Kier molecular flexibility index (Phi) is 8.21. The highest BCUT2D eigenvalue weighted by Crippen LogP contribution is 2.09. The minimum Gasteiger partial charge on any atom is -0.466 e. The second-order valence-corrected chi connectivity index (χ2v) is 4.18. The normalized spacial score (nSPS) is 13.2. The number of nitrogens with zero attached hydrogens (tertiary/aromatic N) is 1. The average molecular weight is 231 g/mol. The smallest absolute Gasteiger partial charge is 0.307 e. The zero-order valence-electron chi connectivity index (χ0n) is 11.2. The van der Waals surface area contributed by atoms with Crippen LogP contribution in [0.15, 0.2) is 0 Å². The molecule has 0 N–H and O–H groups in total. The third-order valence-electron chi connectivity index (χ3n) is 2.55. The van der Waals surface area contributed by atoms with Gasteiger partial charge in [0.15, 0.2) is 0 Å². The molecule has 1 unspecified atom stereocenters. The van der Waals surface area contributed by atoms with E-state index in [0.29, 0.717) is 25.7 Å². The summed E-state index contributed by atoms with van der Waals surface area (Å²) in [4.78, 5) is 13.6. The molecule has 0 spiro atoms. The van der Waals surface area contributed by atoms with Gasteiger partial charge in [-0.15, -0.1) is 0 Å². The van der Waals surface area contributed by atoms with Crippen molar-refractivity contribution in [3.05, 3.63) is 0 Å². The molecule has 96 valence electrons. The van der Waals surface area contributed by atoms with Crippen LogP contribution in [0.4, 0.5) is 0 Å². The molecule has 0 fully saturated rings. The van der Waals surface area contributed by atoms with Crippen LogP contribution in [-0.4, -0.2) is 49.8 Å². The van der Waals surface area contributed by atoms with Gasteiger partial charge in [-0.2, -0.15) is 0 Å². The second-order valence-electron chi connectivity index (χ2n) is 4.18. The van der Waals surface area contributed by atoms with E-state index in [-0.39, 0.29) is 12.0 Å². The van der Waals surface area contributed by atoms with Gasteiger partial charge in [0.05, 0.1) is 19.6 Å². The van der Waals surface area contributed by atoms with Crippen LogP contribution in [0.1, 0.15) is 34.1 Å². The van der Waals surface area contributed by atoms with Gasteiger partial charge >= 0.3 is 5.97 Å². The van der Waals surface area contributed by atoms with Crippen molar-refractivity contribution in [3.63, 3.8) is 0 Å². The maximum atomic E-state index is 11.4. The molecule has 0 bridgehead atoms. The lowest BCUT2D eigenvalue weighted by Gasteiger charge is -2.31. The van der Waals surface area contributed by atoms with Crippen LogP contribution in [0, 0.1) is 0 Å². The van der Waals surface area contributed by atoms with E-state index in [9.17, 15) is 4.79 Å². The number of methoxy groups -OCH3 is 1. The van der Waals surface area contributed by atoms with Gasteiger partial charge in [-0.25, -0.2) is 0 Å². The molecule has 0 saturated carbocycles. The van der Waals surface area contributed by atoms with Crippen molar-refractivity contribution in [2.24, 2.45) is 0 Å². The molecule has 0 aromatic rings. The van der Waals surface area contributed by atoms with Gasteiger partial charge in [0.1, 0.15) is 0 Å². The first kappa shape index (κ1) is 15.4. The topological polar surface area (TPSA) is 38.8 Å². The van der Waals surface area contributed by atoms with Crippen LogP contribution in [0.25, 0.3) is 0 Å². The predicted molar refractivity (Wildman–Crippen MR) is 64.4 cm³/mol. The first-order valence-electron chi connectivity index (χ1n) is 5.93. The van der Waals surface area contributed by atoms with Crippen molar-refractivity contribution in [2.75, 3.05) is 26.9 Å². The summed E-state index contributed by atoms with van der Waals surface area (Å²) in [6.45, 7) is 10.1. The van der Waals surface area contributed by atoms with Crippen molar-refractivity contribution < 1.29 is 14.3 Å². The summed E-state index contributed by atoms with van der Waals surface area (Å²) >= 11 is 0. The number of carbonyl (C=O) groups is 1. The van der Waals surface area contributed by atoms with E-state index in [4.69, 9.17) is 9.47 Å². The number of hydrogen-bond donors (Lipinski definition) is 0. The average Bonchev–Trinajstić information content (AvgIpc) is 2.17. The largest absolute Gasteiger partial charge is 0.466 e. The van der Waals surface area contributed by atoms with Crippen molar-refractivity contribution in [2.45, 2.75) is 46.2 Å².